The molecule has 0 amide bonds. The maximum absolute atomic E-state index is 11.1. The lowest BCUT2D eigenvalue weighted by atomic mass is 9.40. The van der Waals surface area contributed by atoms with E-state index in [-0.39, 0.29) is 29.0 Å². The number of hydrogen-bond donors (Lipinski definition) is 6. The van der Waals surface area contributed by atoms with E-state index in [0.717, 1.165) is 44.9 Å². The van der Waals surface area contributed by atoms with E-state index >= 15 is 0 Å². The Morgan fingerprint density at radius 3 is 2.29 bits per heavy atom. The Hall–Kier alpha value is -0.320. The van der Waals surface area contributed by atoms with E-state index in [1.54, 1.807) is 0 Å². The molecule has 1 aliphatic heterocycles. The maximum Gasteiger partial charge on any atom is 0.186 e. The molecule has 0 unspecified atom stereocenters. The Morgan fingerprint density at radius 2 is 1.62 bits per heavy atom. The summed E-state index contributed by atoms with van der Waals surface area (Å²) in [6, 6.07) is 0. The van der Waals surface area contributed by atoms with E-state index < -0.39 is 42.9 Å². The molecule has 2 bridgehead atoms. The topological polar surface area (TPSA) is 140 Å². The third kappa shape index (κ3) is 3.63. The number of hydrogen-bond acceptors (Lipinski definition) is 8. The van der Waals surface area contributed by atoms with Gasteiger partial charge in [-0.05, 0) is 92.3 Å². The number of fused-ring (bicyclic) bond motifs is 3. The molecule has 13 atom stereocenters. The van der Waals surface area contributed by atoms with Gasteiger partial charge < -0.3 is 40.1 Å². The summed E-state index contributed by atoms with van der Waals surface area (Å²) in [5.74, 6) is 1.12. The van der Waals surface area contributed by atoms with Gasteiger partial charge in [0.1, 0.15) is 24.4 Å². The molecule has 4 aliphatic carbocycles. The van der Waals surface area contributed by atoms with Gasteiger partial charge in [-0.2, -0.15) is 0 Å². The van der Waals surface area contributed by atoms with Crippen LogP contribution in [0, 0.1) is 34.0 Å². The molecule has 1 saturated heterocycles. The van der Waals surface area contributed by atoms with Crippen molar-refractivity contribution in [2.24, 2.45) is 34.0 Å². The van der Waals surface area contributed by atoms with Gasteiger partial charge in [0.15, 0.2) is 6.29 Å². The van der Waals surface area contributed by atoms with Crippen molar-refractivity contribution in [2.45, 2.75) is 115 Å². The Labute approximate surface area is 202 Å². The van der Waals surface area contributed by atoms with Crippen molar-refractivity contribution in [3.05, 3.63) is 0 Å². The SMILES string of the molecule is C[C@]1(CO)C[C@H](O[C@H]2O[C@@H](CO)[C@H](O)[C@H](O)[C@@H]2O)C[C@]2(C)[C@@H]1CC[C@@]13C[C@H](CC[C@H]12)[C@](C)(O)C3. The molecule has 5 rings (SSSR count). The van der Waals surface area contributed by atoms with Crippen molar-refractivity contribution in [3.8, 4) is 0 Å². The minimum Gasteiger partial charge on any atom is -0.396 e. The third-order valence-electron chi connectivity index (χ3n) is 11.0. The fourth-order valence-electron chi connectivity index (χ4n) is 9.69. The van der Waals surface area contributed by atoms with Gasteiger partial charge in [0.25, 0.3) is 0 Å². The first-order valence-electron chi connectivity index (χ1n) is 13.2. The molecular weight excluding hydrogens is 440 g/mol. The summed E-state index contributed by atoms with van der Waals surface area (Å²) in [7, 11) is 0. The first-order valence-corrected chi connectivity index (χ1v) is 13.2. The van der Waals surface area contributed by atoms with Crippen LogP contribution in [0.3, 0.4) is 0 Å². The highest BCUT2D eigenvalue weighted by molar-refractivity contribution is 5.17. The summed E-state index contributed by atoms with van der Waals surface area (Å²) >= 11 is 0. The van der Waals surface area contributed by atoms with Gasteiger partial charge in [0, 0.05) is 6.61 Å². The van der Waals surface area contributed by atoms with Crippen LogP contribution in [-0.4, -0.2) is 86.3 Å². The summed E-state index contributed by atoms with van der Waals surface area (Å²) in [6.07, 6.45) is 0.692. The fourth-order valence-corrected chi connectivity index (χ4v) is 9.69. The minimum absolute atomic E-state index is 0.0435. The van der Waals surface area contributed by atoms with Crippen molar-refractivity contribution in [1.82, 2.24) is 0 Å². The molecule has 8 heteroatoms. The highest BCUT2D eigenvalue weighted by atomic mass is 16.7. The average molecular weight is 485 g/mol. The Kier molecular flexibility index (Phi) is 6.22. The molecule has 0 aromatic carbocycles. The standard InChI is InChI=1S/C26H44O8/c1-23(13-28)9-15(33-22-21(31)20(30)19(29)16(11-27)34-22)10-24(2)17(23)6-7-26-8-14(4-5-18(24)26)25(3,32)12-26/h14-22,27-32H,4-13H2,1-3H3/t14-,15-,16-,17+,18-,19-,20-,21-,22-,23+,24+,25+,26-/m0/s1. The van der Waals surface area contributed by atoms with Crippen LogP contribution >= 0.6 is 0 Å². The quantitative estimate of drug-likeness (QED) is 0.324. The molecule has 1 heterocycles. The number of aliphatic hydroxyl groups excluding tert-OH is 5. The highest BCUT2D eigenvalue weighted by Crippen LogP contribution is 2.73. The van der Waals surface area contributed by atoms with Crippen LogP contribution in [0.4, 0.5) is 0 Å². The van der Waals surface area contributed by atoms with Crippen molar-refractivity contribution in [1.29, 1.82) is 0 Å². The van der Waals surface area contributed by atoms with Crippen LogP contribution in [0.5, 0.6) is 0 Å². The van der Waals surface area contributed by atoms with E-state index in [1.807, 2.05) is 6.92 Å². The zero-order valence-electron chi connectivity index (χ0n) is 20.8. The van der Waals surface area contributed by atoms with Crippen LogP contribution in [0.2, 0.25) is 0 Å². The first-order chi connectivity index (χ1) is 15.9. The van der Waals surface area contributed by atoms with Crippen LogP contribution in [0.25, 0.3) is 0 Å². The number of ether oxygens (including phenoxy) is 2. The Bertz CT molecular complexity index is 774. The second-order valence-corrected chi connectivity index (χ2v) is 13.2. The van der Waals surface area contributed by atoms with Gasteiger partial charge in [-0.15, -0.1) is 0 Å². The maximum atomic E-state index is 11.1. The van der Waals surface area contributed by atoms with Crippen LogP contribution in [0.1, 0.15) is 72.1 Å². The number of aliphatic hydroxyl groups is 6. The predicted molar refractivity (Wildman–Crippen MR) is 122 cm³/mol. The highest BCUT2D eigenvalue weighted by Gasteiger charge is 2.67. The molecule has 196 valence electrons. The van der Waals surface area contributed by atoms with E-state index in [1.165, 1.54) is 0 Å². The molecule has 5 aliphatic rings. The van der Waals surface area contributed by atoms with Crippen molar-refractivity contribution >= 4 is 0 Å². The third-order valence-corrected chi connectivity index (χ3v) is 11.0. The summed E-state index contributed by atoms with van der Waals surface area (Å²) in [5, 5.41) is 62.2. The zero-order chi connectivity index (χ0) is 24.7. The van der Waals surface area contributed by atoms with Gasteiger partial charge in [-0.25, -0.2) is 0 Å². The first kappa shape index (κ1) is 25.3. The van der Waals surface area contributed by atoms with E-state index in [0.29, 0.717) is 24.2 Å². The molecule has 4 saturated carbocycles. The molecule has 5 fully saturated rings. The van der Waals surface area contributed by atoms with Crippen molar-refractivity contribution in [3.63, 3.8) is 0 Å². The largest absolute Gasteiger partial charge is 0.396 e. The van der Waals surface area contributed by atoms with Crippen molar-refractivity contribution in [2.75, 3.05) is 13.2 Å². The molecule has 6 N–H and O–H groups in total. The summed E-state index contributed by atoms with van der Waals surface area (Å²) in [6.45, 7) is 6.03. The Balaban J connectivity index is 1.42. The van der Waals surface area contributed by atoms with Gasteiger partial charge in [-0.1, -0.05) is 13.8 Å². The molecule has 0 aromatic rings. The van der Waals surface area contributed by atoms with Gasteiger partial charge in [0.05, 0.1) is 18.3 Å². The molecule has 34 heavy (non-hydrogen) atoms. The Morgan fingerprint density at radius 1 is 0.882 bits per heavy atom. The van der Waals surface area contributed by atoms with E-state index in [9.17, 15) is 30.6 Å². The van der Waals surface area contributed by atoms with E-state index in [4.69, 9.17) is 9.47 Å². The molecular formula is C26H44O8. The second kappa shape index (κ2) is 8.35. The van der Waals surface area contributed by atoms with Gasteiger partial charge in [-0.3, -0.25) is 0 Å². The minimum atomic E-state index is -1.47. The van der Waals surface area contributed by atoms with Crippen LogP contribution in [0.15, 0.2) is 0 Å². The average Bonchev–Trinajstić information content (AvgIpc) is 2.96. The summed E-state index contributed by atoms with van der Waals surface area (Å²) in [5.41, 5.74) is -0.943. The smallest absolute Gasteiger partial charge is 0.186 e. The monoisotopic (exact) mass is 484 g/mol. The van der Waals surface area contributed by atoms with Gasteiger partial charge >= 0.3 is 0 Å². The lowest BCUT2D eigenvalue weighted by molar-refractivity contribution is -0.323. The summed E-state index contributed by atoms with van der Waals surface area (Å²) < 4.78 is 11.9. The number of rotatable bonds is 4. The normalized spacial score (nSPS) is 59.4. The van der Waals surface area contributed by atoms with Crippen molar-refractivity contribution < 1.29 is 40.1 Å². The molecule has 0 radical (unpaired) electrons. The van der Waals surface area contributed by atoms with Crippen LogP contribution < -0.4 is 0 Å². The molecule has 0 aromatic heterocycles. The van der Waals surface area contributed by atoms with Crippen LogP contribution in [-0.2, 0) is 9.47 Å². The lowest BCUT2D eigenvalue weighted by Crippen LogP contribution is -2.62. The predicted octanol–water partition coefficient (Wildman–Crippen LogP) is 0.938. The zero-order valence-corrected chi connectivity index (χ0v) is 20.8. The molecule has 8 nitrogen and oxygen atoms in total. The summed E-state index contributed by atoms with van der Waals surface area (Å²) in [4.78, 5) is 0. The van der Waals surface area contributed by atoms with Gasteiger partial charge in [0.2, 0.25) is 0 Å². The molecule has 1 spiro atoms. The fraction of sp³-hybridized carbons (Fsp3) is 1.00. The van der Waals surface area contributed by atoms with E-state index in [2.05, 4.69) is 13.8 Å². The lowest BCUT2D eigenvalue weighted by Gasteiger charge is -2.65. The second-order valence-electron chi connectivity index (χ2n) is 13.2.